The largest absolute Gasteiger partial charge is 0.298 e. The quantitative estimate of drug-likeness (QED) is 0.579. The van der Waals surface area contributed by atoms with Gasteiger partial charge in [0.2, 0.25) is 11.9 Å². The van der Waals surface area contributed by atoms with E-state index in [-0.39, 0.29) is 11.2 Å². The fourth-order valence-electron chi connectivity index (χ4n) is 1.41. The fraction of sp³-hybridized carbons (Fsp3) is 0.333. The van der Waals surface area contributed by atoms with Gasteiger partial charge in [-0.2, -0.15) is 12.6 Å². The van der Waals surface area contributed by atoms with Gasteiger partial charge in [-0.15, -0.1) is 0 Å². The molecule has 1 aliphatic rings. The lowest BCUT2D eigenvalue weighted by Gasteiger charge is -2.12. The molecule has 1 unspecified atom stereocenters. The summed E-state index contributed by atoms with van der Waals surface area (Å²) < 4.78 is 0. The molecule has 2 rings (SSSR count). The van der Waals surface area contributed by atoms with E-state index in [0.29, 0.717) is 30.8 Å². The number of rotatable bonds is 2. The molecular formula is C9H9N3O2S. The van der Waals surface area contributed by atoms with Crippen molar-refractivity contribution in [2.45, 2.75) is 11.7 Å². The number of amides is 1. The number of anilines is 1. The molecule has 1 atom stereocenters. The van der Waals surface area contributed by atoms with Crippen LogP contribution in [0.1, 0.15) is 16.8 Å². The summed E-state index contributed by atoms with van der Waals surface area (Å²) in [5.41, 5.74) is 0.396. The van der Waals surface area contributed by atoms with Gasteiger partial charge >= 0.3 is 0 Å². The molecule has 0 bridgehead atoms. The molecule has 1 aromatic rings. The van der Waals surface area contributed by atoms with Crippen LogP contribution >= 0.6 is 12.6 Å². The Morgan fingerprint density at radius 2 is 2.13 bits per heavy atom. The van der Waals surface area contributed by atoms with E-state index in [1.54, 1.807) is 0 Å². The van der Waals surface area contributed by atoms with Crippen LogP contribution in [0.25, 0.3) is 0 Å². The number of nitrogens with zero attached hydrogens (tertiary/aromatic N) is 3. The average Bonchev–Trinajstić information content (AvgIpc) is 2.58. The monoisotopic (exact) mass is 223 g/mol. The van der Waals surface area contributed by atoms with Gasteiger partial charge in [-0.25, -0.2) is 9.97 Å². The Labute approximate surface area is 91.9 Å². The molecule has 1 amide bonds. The Bertz CT molecular complexity index is 393. The zero-order chi connectivity index (χ0) is 10.8. The highest BCUT2D eigenvalue weighted by Gasteiger charge is 2.29. The Kier molecular flexibility index (Phi) is 2.68. The average molecular weight is 223 g/mol. The molecule has 0 aliphatic carbocycles. The summed E-state index contributed by atoms with van der Waals surface area (Å²) in [5, 5.41) is 0.0341. The molecular weight excluding hydrogens is 214 g/mol. The zero-order valence-corrected chi connectivity index (χ0v) is 8.72. The van der Waals surface area contributed by atoms with Crippen molar-refractivity contribution in [1.29, 1.82) is 0 Å². The van der Waals surface area contributed by atoms with Crippen molar-refractivity contribution in [3.05, 3.63) is 18.0 Å². The van der Waals surface area contributed by atoms with E-state index in [9.17, 15) is 9.59 Å². The first-order chi connectivity index (χ1) is 7.20. The first-order valence-corrected chi connectivity index (χ1v) is 4.98. The molecule has 0 spiro atoms. The first kappa shape index (κ1) is 10.1. The summed E-state index contributed by atoms with van der Waals surface area (Å²) in [5.74, 6) is 0.302. The number of hydrogen-bond donors (Lipinski definition) is 1. The van der Waals surface area contributed by atoms with E-state index in [4.69, 9.17) is 0 Å². The molecule has 6 heteroatoms. The second-order valence-electron chi connectivity index (χ2n) is 3.30. The number of aldehydes is 1. The van der Waals surface area contributed by atoms with Crippen molar-refractivity contribution in [2.75, 3.05) is 11.4 Å². The summed E-state index contributed by atoms with van der Waals surface area (Å²) in [6, 6.07) is 0. The number of hydrogen-bond acceptors (Lipinski definition) is 5. The Morgan fingerprint density at radius 1 is 1.47 bits per heavy atom. The molecule has 0 saturated carbocycles. The van der Waals surface area contributed by atoms with Crippen LogP contribution < -0.4 is 4.90 Å². The fourth-order valence-corrected chi connectivity index (χ4v) is 1.73. The molecule has 1 aromatic heterocycles. The lowest BCUT2D eigenvalue weighted by molar-refractivity contribution is -0.117. The number of carbonyl (C=O) groups excluding carboxylic acids is 2. The van der Waals surface area contributed by atoms with Crippen LogP contribution in [-0.4, -0.2) is 34.0 Å². The molecule has 0 aromatic carbocycles. The van der Waals surface area contributed by atoms with E-state index in [0.717, 1.165) is 0 Å². The van der Waals surface area contributed by atoms with E-state index < -0.39 is 0 Å². The lowest BCUT2D eigenvalue weighted by Crippen LogP contribution is -2.26. The molecule has 5 nitrogen and oxygen atoms in total. The molecule has 1 saturated heterocycles. The molecule has 15 heavy (non-hydrogen) atoms. The van der Waals surface area contributed by atoms with Crippen LogP contribution in [0.5, 0.6) is 0 Å². The summed E-state index contributed by atoms with van der Waals surface area (Å²) in [4.78, 5) is 31.2. The lowest BCUT2D eigenvalue weighted by atomic mass is 10.4. The first-order valence-electron chi connectivity index (χ1n) is 4.46. The molecule has 78 valence electrons. The van der Waals surface area contributed by atoms with Gasteiger partial charge in [-0.05, 0) is 0 Å². The van der Waals surface area contributed by atoms with Crippen LogP contribution in [0.4, 0.5) is 5.95 Å². The normalized spacial score (nSPS) is 20.7. The third-order valence-electron chi connectivity index (χ3n) is 2.14. The highest BCUT2D eigenvalue weighted by Crippen LogP contribution is 2.20. The van der Waals surface area contributed by atoms with E-state index >= 15 is 0 Å². The summed E-state index contributed by atoms with van der Waals surface area (Å²) in [6.07, 6.45) is 3.86. The SMILES string of the molecule is O=Cc1cnc(N2CC(S)CC2=O)nc1. The second kappa shape index (κ2) is 3.98. The minimum Gasteiger partial charge on any atom is -0.298 e. The van der Waals surface area contributed by atoms with Gasteiger partial charge in [-0.1, -0.05) is 0 Å². The molecule has 0 radical (unpaired) electrons. The Hall–Kier alpha value is -1.43. The highest BCUT2D eigenvalue weighted by atomic mass is 32.1. The molecule has 0 N–H and O–H groups in total. The minimum absolute atomic E-state index is 0.0335. The predicted molar refractivity (Wildman–Crippen MR) is 57.2 cm³/mol. The minimum atomic E-state index is -0.0335. The van der Waals surface area contributed by atoms with Crippen molar-refractivity contribution in [3.8, 4) is 0 Å². The maximum absolute atomic E-state index is 11.5. The molecule has 1 aliphatic heterocycles. The zero-order valence-electron chi connectivity index (χ0n) is 7.83. The van der Waals surface area contributed by atoms with Gasteiger partial charge in [0.05, 0.1) is 5.56 Å². The standard InChI is InChI=1S/C9H9N3O2S/c13-5-6-2-10-9(11-3-6)12-4-7(15)1-8(12)14/h2-3,5,7,15H,1,4H2. The van der Waals surface area contributed by atoms with Crippen molar-refractivity contribution in [1.82, 2.24) is 9.97 Å². The van der Waals surface area contributed by atoms with Gasteiger partial charge in [0.1, 0.15) is 0 Å². The van der Waals surface area contributed by atoms with Crippen molar-refractivity contribution < 1.29 is 9.59 Å². The van der Waals surface area contributed by atoms with Crippen LogP contribution in [0, 0.1) is 0 Å². The van der Waals surface area contributed by atoms with Gasteiger partial charge in [0, 0.05) is 30.6 Å². The predicted octanol–water partition coefficient (Wildman–Crippen LogP) is 0.324. The van der Waals surface area contributed by atoms with Gasteiger partial charge in [0.15, 0.2) is 6.29 Å². The third-order valence-corrected chi connectivity index (χ3v) is 2.49. The van der Waals surface area contributed by atoms with Gasteiger partial charge in [0.25, 0.3) is 0 Å². The maximum atomic E-state index is 11.5. The number of carbonyl (C=O) groups is 2. The second-order valence-corrected chi connectivity index (χ2v) is 4.03. The Morgan fingerprint density at radius 3 is 2.60 bits per heavy atom. The van der Waals surface area contributed by atoms with E-state index in [1.165, 1.54) is 17.3 Å². The highest BCUT2D eigenvalue weighted by molar-refractivity contribution is 7.81. The third kappa shape index (κ3) is 1.99. The molecule has 2 heterocycles. The van der Waals surface area contributed by atoms with E-state index in [2.05, 4.69) is 22.6 Å². The number of aromatic nitrogens is 2. The van der Waals surface area contributed by atoms with Crippen LogP contribution in [0.2, 0.25) is 0 Å². The van der Waals surface area contributed by atoms with Crippen LogP contribution in [0.3, 0.4) is 0 Å². The Balaban J connectivity index is 2.22. The van der Waals surface area contributed by atoms with Crippen molar-refractivity contribution >= 4 is 30.8 Å². The van der Waals surface area contributed by atoms with Crippen molar-refractivity contribution in [3.63, 3.8) is 0 Å². The van der Waals surface area contributed by atoms with E-state index in [1.807, 2.05) is 0 Å². The summed E-state index contributed by atoms with van der Waals surface area (Å²) in [7, 11) is 0. The maximum Gasteiger partial charge on any atom is 0.232 e. The number of thiol groups is 1. The van der Waals surface area contributed by atoms with Gasteiger partial charge in [-0.3, -0.25) is 14.5 Å². The van der Waals surface area contributed by atoms with Gasteiger partial charge < -0.3 is 0 Å². The van der Waals surface area contributed by atoms with Crippen LogP contribution in [-0.2, 0) is 4.79 Å². The van der Waals surface area contributed by atoms with Crippen LogP contribution in [0.15, 0.2) is 12.4 Å². The topological polar surface area (TPSA) is 63.2 Å². The van der Waals surface area contributed by atoms with Crippen molar-refractivity contribution in [2.24, 2.45) is 0 Å². The summed E-state index contributed by atoms with van der Waals surface area (Å²) >= 11 is 4.23. The molecule has 1 fully saturated rings. The summed E-state index contributed by atoms with van der Waals surface area (Å²) in [6.45, 7) is 0.516. The smallest absolute Gasteiger partial charge is 0.232 e.